The van der Waals surface area contributed by atoms with E-state index in [-0.39, 0.29) is 5.91 Å². The van der Waals surface area contributed by atoms with E-state index in [9.17, 15) is 4.79 Å². The molecule has 4 rings (SSSR count). The number of nitrogens with zero attached hydrogens (tertiary/aromatic N) is 4. The Balaban J connectivity index is 1.45. The molecule has 0 bridgehead atoms. The van der Waals surface area contributed by atoms with Crippen molar-refractivity contribution < 1.29 is 9.53 Å². The Labute approximate surface area is 187 Å². The Morgan fingerprint density at radius 2 is 2.00 bits per heavy atom. The van der Waals surface area contributed by atoms with E-state index in [1.165, 1.54) is 0 Å². The van der Waals surface area contributed by atoms with E-state index >= 15 is 0 Å². The predicted octanol–water partition coefficient (Wildman–Crippen LogP) is 3.04. The summed E-state index contributed by atoms with van der Waals surface area (Å²) in [4.78, 5) is 19.8. The predicted molar refractivity (Wildman–Crippen MR) is 121 cm³/mol. The highest BCUT2D eigenvalue weighted by Gasteiger charge is 2.19. The zero-order valence-corrected chi connectivity index (χ0v) is 18.8. The Hall–Kier alpha value is -2.48. The van der Waals surface area contributed by atoms with Crippen LogP contribution in [0.5, 0.6) is 0 Å². The van der Waals surface area contributed by atoms with Crippen molar-refractivity contribution in [3.05, 3.63) is 63.6 Å². The zero-order chi connectivity index (χ0) is 21.8. The quantitative estimate of drug-likeness (QED) is 0.570. The van der Waals surface area contributed by atoms with Crippen molar-refractivity contribution in [2.45, 2.75) is 26.7 Å². The molecule has 1 fully saturated rings. The number of hydrogen-bond acceptors (Lipinski definition) is 5. The molecule has 31 heavy (non-hydrogen) atoms. The fraction of sp³-hybridized carbons (Fsp3) is 0.435. The van der Waals surface area contributed by atoms with Crippen LogP contribution in [0.1, 0.15) is 39.3 Å². The average Bonchev–Trinajstić information content (AvgIpc) is 3.20. The molecule has 1 saturated heterocycles. The second kappa shape index (κ2) is 9.77. The summed E-state index contributed by atoms with van der Waals surface area (Å²) in [5.41, 5.74) is 5.05. The number of morpholine rings is 1. The van der Waals surface area contributed by atoms with Crippen LogP contribution >= 0.6 is 11.6 Å². The molecule has 1 aliphatic heterocycles. The summed E-state index contributed by atoms with van der Waals surface area (Å²) >= 11 is 6.35. The van der Waals surface area contributed by atoms with Crippen LogP contribution in [0.4, 0.5) is 0 Å². The van der Waals surface area contributed by atoms with Gasteiger partial charge in [-0.15, -0.1) is 0 Å². The molecule has 2 aromatic heterocycles. The summed E-state index contributed by atoms with van der Waals surface area (Å²) < 4.78 is 7.12. The number of aryl methyl sites for hydroxylation is 2. The molecular weight excluding hydrogens is 414 g/mol. The number of amides is 1. The van der Waals surface area contributed by atoms with E-state index in [0.717, 1.165) is 66.8 Å². The molecule has 1 aliphatic rings. The molecule has 8 heteroatoms. The number of ether oxygens (including phenoxy) is 1. The minimum absolute atomic E-state index is 0.137. The summed E-state index contributed by atoms with van der Waals surface area (Å²) in [7, 11) is 0. The van der Waals surface area contributed by atoms with Crippen LogP contribution in [0.15, 0.2) is 30.5 Å². The highest BCUT2D eigenvalue weighted by molar-refractivity contribution is 6.31. The second-order valence-electron chi connectivity index (χ2n) is 7.89. The molecule has 3 aromatic rings. The van der Waals surface area contributed by atoms with Gasteiger partial charge in [-0.1, -0.05) is 29.8 Å². The number of halogens is 1. The third-order valence-electron chi connectivity index (χ3n) is 5.82. The Bertz CT molecular complexity index is 1080. The number of carbonyl (C=O) groups excluding carboxylic acids is 1. The maximum Gasteiger partial charge on any atom is 0.256 e. The van der Waals surface area contributed by atoms with Crippen LogP contribution in [-0.2, 0) is 11.2 Å². The van der Waals surface area contributed by atoms with Crippen LogP contribution in [0, 0.1) is 13.8 Å². The van der Waals surface area contributed by atoms with E-state index in [1.807, 2.05) is 38.1 Å². The molecule has 0 aliphatic carbocycles. The lowest BCUT2D eigenvalue weighted by atomic mass is 10.0. The van der Waals surface area contributed by atoms with E-state index in [1.54, 1.807) is 10.7 Å². The van der Waals surface area contributed by atoms with Gasteiger partial charge in [-0.3, -0.25) is 9.69 Å². The molecular formula is C23H28ClN5O2. The van der Waals surface area contributed by atoms with Gasteiger partial charge in [0, 0.05) is 42.5 Å². The van der Waals surface area contributed by atoms with Gasteiger partial charge in [-0.05, 0) is 44.0 Å². The summed E-state index contributed by atoms with van der Waals surface area (Å²) in [5.74, 6) is -0.137. The van der Waals surface area contributed by atoms with Crippen LogP contribution in [0.2, 0.25) is 5.02 Å². The number of rotatable bonds is 7. The van der Waals surface area contributed by atoms with Crippen molar-refractivity contribution in [3.8, 4) is 0 Å². The van der Waals surface area contributed by atoms with Crippen molar-refractivity contribution in [1.82, 2.24) is 24.8 Å². The lowest BCUT2D eigenvalue weighted by molar-refractivity contribution is 0.0374. The number of nitrogens with one attached hydrogen (secondary N) is 1. The first-order valence-corrected chi connectivity index (χ1v) is 11.1. The third-order valence-corrected chi connectivity index (χ3v) is 6.19. The molecule has 3 heterocycles. The van der Waals surface area contributed by atoms with Crippen LogP contribution < -0.4 is 5.32 Å². The number of aromatic nitrogens is 3. The molecule has 0 spiro atoms. The van der Waals surface area contributed by atoms with E-state index < -0.39 is 0 Å². The largest absolute Gasteiger partial charge is 0.379 e. The van der Waals surface area contributed by atoms with Crippen molar-refractivity contribution in [2.24, 2.45) is 0 Å². The van der Waals surface area contributed by atoms with Gasteiger partial charge in [0.15, 0.2) is 5.65 Å². The number of benzene rings is 1. The summed E-state index contributed by atoms with van der Waals surface area (Å²) in [6.45, 7) is 9.05. The molecule has 0 unspecified atom stereocenters. The van der Waals surface area contributed by atoms with Gasteiger partial charge in [0.2, 0.25) is 0 Å². The summed E-state index contributed by atoms with van der Waals surface area (Å²) in [6, 6.07) is 7.81. The van der Waals surface area contributed by atoms with Gasteiger partial charge in [0.05, 0.1) is 19.4 Å². The van der Waals surface area contributed by atoms with E-state index in [0.29, 0.717) is 24.2 Å². The van der Waals surface area contributed by atoms with E-state index in [2.05, 4.69) is 15.3 Å². The topological polar surface area (TPSA) is 71.8 Å². The van der Waals surface area contributed by atoms with E-state index in [4.69, 9.17) is 21.3 Å². The maximum absolute atomic E-state index is 12.8. The molecule has 164 valence electrons. The fourth-order valence-corrected chi connectivity index (χ4v) is 4.19. The fourth-order valence-electron chi connectivity index (χ4n) is 3.98. The third kappa shape index (κ3) is 4.89. The normalized spacial score (nSPS) is 14.8. The zero-order valence-electron chi connectivity index (χ0n) is 18.0. The molecule has 0 atom stereocenters. The second-order valence-corrected chi connectivity index (χ2v) is 8.29. The molecule has 0 saturated carbocycles. The lowest BCUT2D eigenvalue weighted by Crippen LogP contribution is -2.38. The highest BCUT2D eigenvalue weighted by atomic mass is 35.5. The van der Waals surface area contributed by atoms with Gasteiger partial charge in [-0.2, -0.15) is 5.10 Å². The SMILES string of the molecule is Cc1nc2c(C(=O)NCCCN3CCOCC3)cnn2c(C)c1Cc1ccccc1Cl. The number of fused-ring (bicyclic) bond motifs is 1. The smallest absolute Gasteiger partial charge is 0.256 e. The first-order chi connectivity index (χ1) is 15.0. The van der Waals surface area contributed by atoms with Crippen LogP contribution in [0.3, 0.4) is 0 Å². The van der Waals surface area contributed by atoms with Gasteiger partial charge >= 0.3 is 0 Å². The Morgan fingerprint density at radius 1 is 1.23 bits per heavy atom. The van der Waals surface area contributed by atoms with Crippen LogP contribution in [0.25, 0.3) is 5.65 Å². The molecule has 1 aromatic carbocycles. The summed E-state index contributed by atoms with van der Waals surface area (Å²) in [6.07, 6.45) is 3.17. The first-order valence-electron chi connectivity index (χ1n) is 10.7. The highest BCUT2D eigenvalue weighted by Crippen LogP contribution is 2.24. The molecule has 0 radical (unpaired) electrons. The maximum atomic E-state index is 12.8. The van der Waals surface area contributed by atoms with Crippen LogP contribution in [-0.4, -0.2) is 64.8 Å². The Morgan fingerprint density at radius 3 is 2.77 bits per heavy atom. The number of carbonyl (C=O) groups is 1. The summed E-state index contributed by atoms with van der Waals surface area (Å²) in [5, 5.41) is 8.19. The number of hydrogen-bond donors (Lipinski definition) is 1. The molecule has 1 amide bonds. The van der Waals surface area contributed by atoms with Gasteiger partial charge in [0.25, 0.3) is 5.91 Å². The van der Waals surface area contributed by atoms with Crippen molar-refractivity contribution in [3.63, 3.8) is 0 Å². The van der Waals surface area contributed by atoms with Crippen molar-refractivity contribution in [1.29, 1.82) is 0 Å². The monoisotopic (exact) mass is 441 g/mol. The van der Waals surface area contributed by atoms with Gasteiger partial charge in [0.1, 0.15) is 5.56 Å². The van der Waals surface area contributed by atoms with Crippen molar-refractivity contribution in [2.75, 3.05) is 39.4 Å². The standard InChI is InChI=1S/C23H28ClN5O2/c1-16-19(14-18-6-3-4-7-21(18)24)17(2)29-22(27-16)20(15-26-29)23(30)25-8-5-9-28-10-12-31-13-11-28/h3-4,6-7,15H,5,8-14H2,1-2H3,(H,25,30). The minimum Gasteiger partial charge on any atom is -0.379 e. The van der Waals surface area contributed by atoms with Gasteiger partial charge < -0.3 is 10.1 Å². The van der Waals surface area contributed by atoms with Gasteiger partial charge in [-0.25, -0.2) is 9.50 Å². The first kappa shape index (κ1) is 21.7. The lowest BCUT2D eigenvalue weighted by Gasteiger charge is -2.26. The molecule has 1 N–H and O–H groups in total. The average molecular weight is 442 g/mol. The van der Waals surface area contributed by atoms with Crippen molar-refractivity contribution >= 4 is 23.2 Å². The minimum atomic E-state index is -0.137. The Kier molecular flexibility index (Phi) is 6.85. The molecule has 7 nitrogen and oxygen atoms in total.